The Balaban J connectivity index is 2.20. The minimum absolute atomic E-state index is 0.0529. The van der Waals surface area contributed by atoms with Crippen molar-refractivity contribution in [3.05, 3.63) is 70.8 Å². The van der Waals surface area contributed by atoms with E-state index < -0.39 is 0 Å². The van der Waals surface area contributed by atoms with Crippen molar-refractivity contribution in [2.45, 2.75) is 31.6 Å². The Labute approximate surface area is 139 Å². The smallest absolute Gasteiger partial charge is 0.0604 e. The summed E-state index contributed by atoms with van der Waals surface area (Å²) in [6, 6.07) is 17.9. The zero-order chi connectivity index (χ0) is 16.1. The zero-order valence-corrected chi connectivity index (χ0v) is 14.3. The molecule has 0 fully saturated rings. The van der Waals surface area contributed by atoms with Gasteiger partial charge in [-0.3, -0.25) is 0 Å². The summed E-state index contributed by atoms with van der Waals surface area (Å²) in [7, 11) is 2.03. The molecule has 2 nitrogen and oxygen atoms in total. The van der Waals surface area contributed by atoms with E-state index in [-0.39, 0.29) is 5.41 Å². The van der Waals surface area contributed by atoms with Gasteiger partial charge in [-0.2, -0.15) is 0 Å². The fraction of sp³-hybridized carbons (Fsp3) is 0.429. The number of fused-ring (bicyclic) bond motifs is 2. The summed E-state index contributed by atoms with van der Waals surface area (Å²) in [5.41, 5.74) is 5.80. The number of nitrogens with one attached hydrogen (secondary N) is 1. The molecular weight excluding hydrogens is 282 g/mol. The van der Waals surface area contributed by atoms with Gasteiger partial charge in [-0.1, -0.05) is 48.5 Å². The summed E-state index contributed by atoms with van der Waals surface area (Å²) in [4.78, 5) is 0. The van der Waals surface area contributed by atoms with Gasteiger partial charge in [0.2, 0.25) is 0 Å². The molecule has 122 valence electrons. The predicted molar refractivity (Wildman–Crippen MR) is 96.1 cm³/mol. The normalized spacial score (nSPS) is 15.6. The van der Waals surface area contributed by atoms with E-state index in [2.05, 4.69) is 60.8 Å². The number of benzene rings is 2. The number of hydrogen-bond acceptors (Lipinski definition) is 2. The van der Waals surface area contributed by atoms with Crippen LogP contribution >= 0.6 is 0 Å². The minimum atomic E-state index is -0.0529. The minimum Gasteiger partial charge on any atom is -0.380 e. The van der Waals surface area contributed by atoms with Crippen molar-refractivity contribution < 1.29 is 4.74 Å². The molecule has 3 rings (SSSR count). The number of aryl methyl sites for hydroxylation is 2. The average Bonchev–Trinajstić information content (AvgIpc) is 2.74. The van der Waals surface area contributed by atoms with Crippen molar-refractivity contribution >= 4 is 0 Å². The predicted octanol–water partition coefficient (Wildman–Crippen LogP) is 3.72. The molecule has 1 aliphatic rings. The molecule has 0 unspecified atom stereocenters. The Morgan fingerprint density at radius 1 is 0.957 bits per heavy atom. The summed E-state index contributed by atoms with van der Waals surface area (Å²) in [5.74, 6) is 0. The molecule has 0 atom stereocenters. The maximum absolute atomic E-state index is 6.01. The van der Waals surface area contributed by atoms with Crippen molar-refractivity contribution in [1.29, 1.82) is 0 Å². The Kier molecular flexibility index (Phi) is 5.14. The molecular formula is C21H27NO. The van der Waals surface area contributed by atoms with Gasteiger partial charge < -0.3 is 10.1 Å². The lowest BCUT2D eigenvalue weighted by molar-refractivity contribution is 0.103. The van der Waals surface area contributed by atoms with E-state index in [1.807, 2.05) is 7.05 Å². The lowest BCUT2D eigenvalue weighted by Gasteiger charge is -2.36. The number of rotatable bonds is 6. The van der Waals surface area contributed by atoms with Crippen LogP contribution in [0.1, 0.15) is 35.6 Å². The van der Waals surface area contributed by atoms with Gasteiger partial charge in [-0.25, -0.2) is 0 Å². The third kappa shape index (κ3) is 3.06. The summed E-state index contributed by atoms with van der Waals surface area (Å²) in [6.45, 7) is 4.57. The molecule has 0 saturated heterocycles. The SMILES string of the molecule is CCOCC1(CCNC)c2ccccc2CCc2ccccc21. The molecule has 2 aromatic rings. The zero-order valence-electron chi connectivity index (χ0n) is 14.3. The van der Waals surface area contributed by atoms with Crippen molar-refractivity contribution in [3.8, 4) is 0 Å². The van der Waals surface area contributed by atoms with Gasteiger partial charge in [-0.15, -0.1) is 0 Å². The molecule has 0 heterocycles. The van der Waals surface area contributed by atoms with Gasteiger partial charge in [-0.05, 0) is 62.0 Å². The quantitative estimate of drug-likeness (QED) is 0.878. The second-order valence-electron chi connectivity index (χ2n) is 6.39. The monoisotopic (exact) mass is 309 g/mol. The van der Waals surface area contributed by atoms with E-state index in [9.17, 15) is 0 Å². The van der Waals surface area contributed by atoms with Crippen LogP contribution in [0, 0.1) is 0 Å². The molecule has 0 amide bonds. The summed E-state index contributed by atoms with van der Waals surface area (Å²) in [6.07, 6.45) is 3.28. The van der Waals surface area contributed by atoms with E-state index in [1.165, 1.54) is 22.3 Å². The van der Waals surface area contributed by atoms with Gasteiger partial charge in [0.05, 0.1) is 6.61 Å². The molecule has 0 aliphatic heterocycles. The summed E-state index contributed by atoms with van der Waals surface area (Å²) in [5, 5.41) is 3.34. The van der Waals surface area contributed by atoms with Gasteiger partial charge >= 0.3 is 0 Å². The maximum atomic E-state index is 6.01. The molecule has 0 spiro atoms. The first-order valence-corrected chi connectivity index (χ1v) is 8.71. The first kappa shape index (κ1) is 16.2. The van der Waals surface area contributed by atoms with Crippen LogP contribution in [-0.2, 0) is 23.0 Å². The van der Waals surface area contributed by atoms with Crippen LogP contribution < -0.4 is 5.32 Å². The lowest BCUT2D eigenvalue weighted by Crippen LogP contribution is -2.37. The molecule has 1 N–H and O–H groups in total. The number of hydrogen-bond donors (Lipinski definition) is 1. The molecule has 0 bridgehead atoms. The fourth-order valence-electron chi connectivity index (χ4n) is 3.94. The first-order chi connectivity index (χ1) is 11.3. The van der Waals surface area contributed by atoms with Crippen LogP contribution in [-0.4, -0.2) is 26.8 Å². The first-order valence-electron chi connectivity index (χ1n) is 8.71. The van der Waals surface area contributed by atoms with Gasteiger partial charge in [0.1, 0.15) is 0 Å². The van der Waals surface area contributed by atoms with Crippen LogP contribution in [0.3, 0.4) is 0 Å². The number of ether oxygens (including phenoxy) is 1. The maximum Gasteiger partial charge on any atom is 0.0604 e. The Bertz CT molecular complexity index is 592. The summed E-state index contributed by atoms with van der Waals surface area (Å²) < 4.78 is 6.01. The average molecular weight is 309 g/mol. The van der Waals surface area contributed by atoms with Gasteiger partial charge in [0.25, 0.3) is 0 Å². The Morgan fingerprint density at radius 3 is 2.04 bits per heavy atom. The van der Waals surface area contributed by atoms with Crippen molar-refractivity contribution in [2.75, 3.05) is 26.8 Å². The molecule has 0 aromatic heterocycles. The highest BCUT2D eigenvalue weighted by Gasteiger charge is 2.38. The standard InChI is InChI=1S/C21H27NO/c1-3-23-16-21(14-15-22-2)19-10-6-4-8-17(19)12-13-18-9-5-7-11-20(18)21/h4-11,22H,3,12-16H2,1-2H3. The van der Waals surface area contributed by atoms with Crippen LogP contribution in [0.4, 0.5) is 0 Å². The third-order valence-corrected chi connectivity index (χ3v) is 5.08. The highest BCUT2D eigenvalue weighted by molar-refractivity contribution is 5.50. The lowest BCUT2D eigenvalue weighted by atomic mass is 9.70. The van der Waals surface area contributed by atoms with Crippen LogP contribution in [0.25, 0.3) is 0 Å². The highest BCUT2D eigenvalue weighted by Crippen LogP contribution is 2.42. The van der Waals surface area contributed by atoms with Crippen LogP contribution in [0.5, 0.6) is 0 Å². The van der Waals surface area contributed by atoms with Crippen LogP contribution in [0.2, 0.25) is 0 Å². The molecule has 2 heteroatoms. The van der Waals surface area contributed by atoms with E-state index >= 15 is 0 Å². The molecule has 0 saturated carbocycles. The topological polar surface area (TPSA) is 21.3 Å². The fourth-order valence-corrected chi connectivity index (χ4v) is 3.94. The molecule has 1 aliphatic carbocycles. The molecule has 0 radical (unpaired) electrons. The van der Waals surface area contributed by atoms with E-state index in [4.69, 9.17) is 4.74 Å². The largest absolute Gasteiger partial charge is 0.380 e. The van der Waals surface area contributed by atoms with E-state index in [0.717, 1.165) is 39.0 Å². The Hall–Kier alpha value is -1.64. The van der Waals surface area contributed by atoms with Crippen molar-refractivity contribution in [3.63, 3.8) is 0 Å². The van der Waals surface area contributed by atoms with Gasteiger partial charge in [0, 0.05) is 12.0 Å². The van der Waals surface area contributed by atoms with E-state index in [0.29, 0.717) is 0 Å². The van der Waals surface area contributed by atoms with Crippen LogP contribution in [0.15, 0.2) is 48.5 Å². The summed E-state index contributed by atoms with van der Waals surface area (Å²) >= 11 is 0. The highest BCUT2D eigenvalue weighted by atomic mass is 16.5. The molecule has 23 heavy (non-hydrogen) atoms. The second kappa shape index (κ2) is 7.29. The van der Waals surface area contributed by atoms with Crippen molar-refractivity contribution in [2.24, 2.45) is 0 Å². The van der Waals surface area contributed by atoms with Crippen molar-refractivity contribution in [1.82, 2.24) is 5.32 Å². The molecule has 2 aromatic carbocycles. The third-order valence-electron chi connectivity index (χ3n) is 5.08. The van der Waals surface area contributed by atoms with E-state index in [1.54, 1.807) is 0 Å². The Morgan fingerprint density at radius 2 is 1.52 bits per heavy atom. The second-order valence-corrected chi connectivity index (χ2v) is 6.39. The van der Waals surface area contributed by atoms with Gasteiger partial charge in [0.15, 0.2) is 0 Å².